The fourth-order valence-corrected chi connectivity index (χ4v) is 1.58. The van der Waals surface area contributed by atoms with Gasteiger partial charge in [0, 0.05) is 34.3 Å². The van der Waals surface area contributed by atoms with Crippen molar-refractivity contribution in [2.75, 3.05) is 0 Å². The van der Waals surface area contributed by atoms with E-state index in [9.17, 15) is 4.79 Å². The van der Waals surface area contributed by atoms with Crippen LogP contribution in [0.4, 0.5) is 0 Å². The summed E-state index contributed by atoms with van der Waals surface area (Å²) in [6.07, 6.45) is 5.50. The molecule has 0 aliphatic carbocycles. The monoisotopic (exact) mass is 324 g/mol. The number of H-pyrrole nitrogens is 1. The molecule has 0 aromatic carbocycles. The highest BCUT2D eigenvalue weighted by Crippen LogP contribution is 2.19. The first-order chi connectivity index (χ1) is 8.92. The molecule has 102 valence electrons. The summed E-state index contributed by atoms with van der Waals surface area (Å²) < 4.78 is 5.54. The van der Waals surface area contributed by atoms with Crippen LogP contribution in [0.1, 0.15) is 20.8 Å². The predicted molar refractivity (Wildman–Crippen MR) is 78.6 cm³/mol. The van der Waals surface area contributed by atoms with E-state index < -0.39 is 0 Å². The van der Waals surface area contributed by atoms with Crippen molar-refractivity contribution in [3.8, 4) is 11.3 Å². The molecule has 0 aliphatic rings. The van der Waals surface area contributed by atoms with E-state index in [1.807, 2.05) is 51.4 Å². The van der Waals surface area contributed by atoms with Crippen molar-refractivity contribution in [3.63, 3.8) is 0 Å². The average Bonchev–Trinajstić information content (AvgIpc) is 2.81. The molecule has 0 atom stereocenters. The maximum absolute atomic E-state index is 9.60. The number of carbonyl (C=O) groups excluding carboxylic acids is 1. The molecule has 0 saturated carbocycles. The van der Waals surface area contributed by atoms with Crippen LogP contribution in [0.2, 0.25) is 0 Å². The van der Waals surface area contributed by atoms with Crippen molar-refractivity contribution in [1.82, 2.24) is 9.97 Å². The number of aromatic nitrogens is 2. The van der Waals surface area contributed by atoms with Crippen molar-refractivity contribution in [2.24, 2.45) is 0 Å². The molecular formula is C14H17BrN2O2. The third-order valence-electron chi connectivity index (χ3n) is 2.02. The van der Waals surface area contributed by atoms with E-state index in [1.165, 1.54) is 0 Å². The van der Waals surface area contributed by atoms with E-state index in [-0.39, 0.29) is 5.60 Å². The van der Waals surface area contributed by atoms with Gasteiger partial charge in [0.15, 0.2) is 0 Å². The maximum Gasteiger partial charge on any atom is 0.293 e. The van der Waals surface area contributed by atoms with Gasteiger partial charge in [0.25, 0.3) is 6.47 Å². The standard InChI is InChI=1S/C9H7BrN2.C5H10O2/c10-8-4-7(5-11-6-8)9-2-1-3-12-9;1-5(2,3)7-4-6/h1-6,12H;4H,1-3H3. The molecule has 2 aromatic rings. The summed E-state index contributed by atoms with van der Waals surface area (Å²) in [6, 6.07) is 6.01. The molecule has 2 heterocycles. The largest absolute Gasteiger partial charge is 0.462 e. The van der Waals surface area contributed by atoms with Crippen molar-refractivity contribution in [3.05, 3.63) is 41.3 Å². The number of nitrogens with one attached hydrogen (secondary N) is 1. The van der Waals surface area contributed by atoms with Gasteiger partial charge in [0.2, 0.25) is 0 Å². The molecule has 0 amide bonds. The van der Waals surface area contributed by atoms with Gasteiger partial charge in [0.05, 0.1) is 0 Å². The highest BCUT2D eigenvalue weighted by molar-refractivity contribution is 9.10. The molecule has 0 fully saturated rings. The summed E-state index contributed by atoms with van der Waals surface area (Å²) in [4.78, 5) is 16.8. The molecule has 0 spiro atoms. The summed E-state index contributed by atoms with van der Waals surface area (Å²) in [7, 11) is 0. The predicted octanol–water partition coefficient (Wildman–Crippen LogP) is 3.80. The zero-order chi connectivity index (χ0) is 14.3. The van der Waals surface area contributed by atoms with E-state index >= 15 is 0 Å². The number of hydrogen-bond acceptors (Lipinski definition) is 3. The van der Waals surface area contributed by atoms with Crippen LogP contribution >= 0.6 is 15.9 Å². The number of aromatic amines is 1. The summed E-state index contributed by atoms with van der Waals surface area (Å²) in [5.74, 6) is 0. The summed E-state index contributed by atoms with van der Waals surface area (Å²) >= 11 is 3.37. The lowest BCUT2D eigenvalue weighted by Crippen LogP contribution is -2.17. The molecule has 5 heteroatoms. The van der Waals surface area contributed by atoms with Crippen molar-refractivity contribution in [1.29, 1.82) is 0 Å². The summed E-state index contributed by atoms with van der Waals surface area (Å²) in [5.41, 5.74) is 1.86. The first-order valence-electron chi connectivity index (χ1n) is 5.78. The van der Waals surface area contributed by atoms with Gasteiger partial charge in [-0.2, -0.15) is 0 Å². The van der Waals surface area contributed by atoms with Gasteiger partial charge in [-0.25, -0.2) is 0 Å². The van der Waals surface area contributed by atoms with Crippen LogP contribution in [0.3, 0.4) is 0 Å². The quantitative estimate of drug-likeness (QED) is 0.855. The Morgan fingerprint density at radius 1 is 1.37 bits per heavy atom. The molecule has 0 saturated heterocycles. The third-order valence-corrected chi connectivity index (χ3v) is 2.45. The smallest absolute Gasteiger partial charge is 0.293 e. The number of carbonyl (C=O) groups is 1. The third kappa shape index (κ3) is 6.20. The van der Waals surface area contributed by atoms with E-state index in [4.69, 9.17) is 0 Å². The van der Waals surface area contributed by atoms with Gasteiger partial charge in [-0.3, -0.25) is 9.78 Å². The Hall–Kier alpha value is -1.62. The molecule has 0 radical (unpaired) electrons. The molecule has 1 N–H and O–H groups in total. The Kier molecular flexibility index (Phi) is 5.76. The van der Waals surface area contributed by atoms with E-state index in [1.54, 1.807) is 6.20 Å². The van der Waals surface area contributed by atoms with Gasteiger partial charge in [-0.1, -0.05) is 0 Å². The normalized spacial score (nSPS) is 10.3. The number of halogens is 1. The van der Waals surface area contributed by atoms with Crippen LogP contribution in [0, 0.1) is 0 Å². The van der Waals surface area contributed by atoms with Crippen molar-refractivity contribution >= 4 is 22.4 Å². The second-order valence-electron chi connectivity index (χ2n) is 4.80. The highest BCUT2D eigenvalue weighted by Gasteiger charge is 2.07. The maximum atomic E-state index is 9.60. The molecule has 19 heavy (non-hydrogen) atoms. The fourth-order valence-electron chi connectivity index (χ4n) is 1.21. The summed E-state index contributed by atoms with van der Waals surface area (Å²) in [6.45, 7) is 5.92. The van der Waals surface area contributed by atoms with Crippen molar-refractivity contribution < 1.29 is 9.53 Å². The summed E-state index contributed by atoms with van der Waals surface area (Å²) in [5, 5.41) is 0. The molecule has 2 rings (SSSR count). The van der Waals surface area contributed by atoms with Crippen LogP contribution in [-0.4, -0.2) is 22.0 Å². The molecular weight excluding hydrogens is 308 g/mol. The molecule has 0 aliphatic heterocycles. The number of hydrogen-bond donors (Lipinski definition) is 1. The SMILES string of the molecule is Brc1cncc(-c2ccc[nH]2)c1.CC(C)(C)OC=O. The number of ether oxygens (including phenoxy) is 1. The molecule has 4 nitrogen and oxygen atoms in total. The Morgan fingerprint density at radius 3 is 2.53 bits per heavy atom. The fraction of sp³-hybridized carbons (Fsp3) is 0.286. The zero-order valence-corrected chi connectivity index (χ0v) is 12.8. The molecule has 0 bridgehead atoms. The minimum atomic E-state index is -0.318. The van der Waals surface area contributed by atoms with Crippen LogP contribution in [-0.2, 0) is 9.53 Å². The van der Waals surface area contributed by atoms with Gasteiger partial charge < -0.3 is 9.72 Å². The first-order valence-corrected chi connectivity index (χ1v) is 6.57. The Balaban J connectivity index is 0.000000224. The minimum Gasteiger partial charge on any atom is -0.462 e. The van der Waals surface area contributed by atoms with E-state index in [2.05, 4.69) is 30.6 Å². The van der Waals surface area contributed by atoms with Crippen LogP contribution < -0.4 is 0 Å². The van der Waals surface area contributed by atoms with Crippen LogP contribution in [0.15, 0.2) is 41.3 Å². The lowest BCUT2D eigenvalue weighted by Gasteiger charge is -2.14. The number of nitrogens with zero attached hydrogens (tertiary/aromatic N) is 1. The average molecular weight is 325 g/mol. The number of pyridine rings is 1. The molecule has 0 unspecified atom stereocenters. The second-order valence-corrected chi connectivity index (χ2v) is 5.72. The number of rotatable bonds is 2. The first kappa shape index (κ1) is 15.4. The Morgan fingerprint density at radius 2 is 2.11 bits per heavy atom. The highest BCUT2D eigenvalue weighted by atomic mass is 79.9. The van der Waals surface area contributed by atoms with Crippen LogP contribution in [0.5, 0.6) is 0 Å². The second kappa shape index (κ2) is 7.09. The van der Waals surface area contributed by atoms with E-state index in [0.717, 1.165) is 15.7 Å². The van der Waals surface area contributed by atoms with Gasteiger partial charge in [0.1, 0.15) is 5.60 Å². The van der Waals surface area contributed by atoms with E-state index in [0.29, 0.717) is 6.47 Å². The van der Waals surface area contributed by atoms with Gasteiger partial charge >= 0.3 is 0 Å². The van der Waals surface area contributed by atoms with Gasteiger partial charge in [-0.05, 0) is 54.9 Å². The Labute approximate surface area is 121 Å². The van der Waals surface area contributed by atoms with Crippen LogP contribution in [0.25, 0.3) is 11.3 Å². The lowest BCUT2D eigenvalue weighted by atomic mass is 10.2. The zero-order valence-electron chi connectivity index (χ0n) is 11.2. The topological polar surface area (TPSA) is 55.0 Å². The van der Waals surface area contributed by atoms with Gasteiger partial charge in [-0.15, -0.1) is 0 Å². The Bertz CT molecular complexity index is 504. The minimum absolute atomic E-state index is 0.318. The van der Waals surface area contributed by atoms with Crippen molar-refractivity contribution in [2.45, 2.75) is 26.4 Å². The molecule has 2 aromatic heterocycles. The lowest BCUT2D eigenvalue weighted by molar-refractivity contribution is -0.138.